The largest absolute Gasteiger partial charge is 0.506 e. The highest BCUT2D eigenvalue weighted by Crippen LogP contribution is 2.57. The number of phenols is 1. The highest BCUT2D eigenvalue weighted by Gasteiger charge is 2.47. The second-order valence-corrected chi connectivity index (χ2v) is 6.47. The van der Waals surface area contributed by atoms with Crippen LogP contribution < -0.4 is 4.74 Å². The fourth-order valence-corrected chi connectivity index (χ4v) is 4.34. The number of rotatable bonds is 1. The van der Waals surface area contributed by atoms with Crippen molar-refractivity contribution in [2.45, 2.75) is 17.8 Å². The summed E-state index contributed by atoms with van der Waals surface area (Å²) >= 11 is 1.16. The standard InChI is InChI=1S/C16H12O5S/c1-20-16(19)11-12-14(21-9-6-10(17)22-15(9)12)8-5-3-2-4-7(8)13(11)18/h2-5,9,15,18H,6H2,1H3/t9-,15+/m0/s1. The molecule has 2 atom stereocenters. The van der Waals surface area contributed by atoms with Crippen LogP contribution in [-0.4, -0.2) is 29.4 Å². The third kappa shape index (κ3) is 1.67. The number of phenolic OH excluding ortho intramolecular Hbond substituents is 1. The number of carbonyl (C=O) groups is 2. The van der Waals surface area contributed by atoms with Gasteiger partial charge in [-0.2, -0.15) is 0 Å². The Morgan fingerprint density at radius 2 is 2.09 bits per heavy atom. The molecule has 4 rings (SSSR count). The van der Waals surface area contributed by atoms with Crippen molar-refractivity contribution in [1.29, 1.82) is 0 Å². The molecule has 0 bridgehead atoms. The summed E-state index contributed by atoms with van der Waals surface area (Å²) < 4.78 is 10.8. The van der Waals surface area contributed by atoms with Gasteiger partial charge in [0, 0.05) is 16.3 Å². The molecule has 112 valence electrons. The number of carbonyl (C=O) groups excluding carboxylic acids is 2. The number of hydrogen-bond donors (Lipinski definition) is 1. The molecule has 2 heterocycles. The van der Waals surface area contributed by atoms with Crippen molar-refractivity contribution in [2.75, 3.05) is 7.11 Å². The Labute approximate surface area is 130 Å². The number of methoxy groups -OCH3 is 1. The van der Waals surface area contributed by atoms with E-state index in [1.165, 1.54) is 7.11 Å². The minimum absolute atomic E-state index is 0.0316. The molecule has 0 unspecified atom stereocenters. The quantitative estimate of drug-likeness (QED) is 0.816. The van der Waals surface area contributed by atoms with E-state index >= 15 is 0 Å². The van der Waals surface area contributed by atoms with Crippen LogP contribution >= 0.6 is 11.8 Å². The van der Waals surface area contributed by atoms with Crippen molar-refractivity contribution in [3.8, 4) is 11.5 Å². The summed E-state index contributed by atoms with van der Waals surface area (Å²) in [5.41, 5.74) is 0.676. The van der Waals surface area contributed by atoms with Gasteiger partial charge in [0.25, 0.3) is 0 Å². The molecular weight excluding hydrogens is 304 g/mol. The second-order valence-electron chi connectivity index (χ2n) is 5.27. The molecule has 2 aromatic rings. The lowest BCUT2D eigenvalue weighted by Gasteiger charge is -2.14. The molecule has 22 heavy (non-hydrogen) atoms. The molecule has 2 aromatic carbocycles. The van der Waals surface area contributed by atoms with Crippen LogP contribution in [-0.2, 0) is 9.53 Å². The van der Waals surface area contributed by atoms with Crippen molar-refractivity contribution in [1.82, 2.24) is 0 Å². The maximum Gasteiger partial charge on any atom is 0.342 e. The van der Waals surface area contributed by atoms with E-state index in [2.05, 4.69) is 0 Å². The summed E-state index contributed by atoms with van der Waals surface area (Å²) in [7, 11) is 1.27. The number of aromatic hydroxyl groups is 1. The van der Waals surface area contributed by atoms with Gasteiger partial charge in [-0.1, -0.05) is 36.0 Å². The van der Waals surface area contributed by atoms with Crippen molar-refractivity contribution in [2.24, 2.45) is 0 Å². The third-order valence-corrected chi connectivity index (χ3v) is 5.31. The minimum atomic E-state index is -0.622. The van der Waals surface area contributed by atoms with Gasteiger partial charge in [0.15, 0.2) is 5.12 Å². The summed E-state index contributed by atoms with van der Waals surface area (Å²) in [6.45, 7) is 0. The molecule has 0 radical (unpaired) electrons. The third-order valence-electron chi connectivity index (χ3n) is 4.08. The number of thioether (sulfide) groups is 1. The van der Waals surface area contributed by atoms with Gasteiger partial charge in [0.1, 0.15) is 23.2 Å². The lowest BCUT2D eigenvalue weighted by atomic mass is 9.95. The maximum atomic E-state index is 12.2. The van der Waals surface area contributed by atoms with E-state index in [4.69, 9.17) is 9.47 Å². The van der Waals surface area contributed by atoms with Crippen molar-refractivity contribution < 1.29 is 24.2 Å². The Morgan fingerprint density at radius 3 is 2.82 bits per heavy atom. The van der Waals surface area contributed by atoms with Crippen LogP contribution in [0.1, 0.15) is 27.6 Å². The Balaban J connectivity index is 2.07. The van der Waals surface area contributed by atoms with Crippen molar-refractivity contribution in [3.05, 3.63) is 35.4 Å². The molecule has 0 saturated carbocycles. The van der Waals surface area contributed by atoms with E-state index in [1.807, 2.05) is 12.1 Å². The predicted molar refractivity (Wildman–Crippen MR) is 81.3 cm³/mol. The fraction of sp³-hybridized carbons (Fsp3) is 0.250. The molecular formula is C16H12O5S. The number of hydrogen-bond acceptors (Lipinski definition) is 6. The number of ether oxygens (including phenoxy) is 2. The van der Waals surface area contributed by atoms with Gasteiger partial charge < -0.3 is 14.6 Å². The number of benzene rings is 2. The molecule has 5 nitrogen and oxygen atoms in total. The zero-order valence-electron chi connectivity index (χ0n) is 11.7. The average molecular weight is 316 g/mol. The summed E-state index contributed by atoms with van der Waals surface area (Å²) in [5, 5.41) is 11.6. The summed E-state index contributed by atoms with van der Waals surface area (Å²) in [4.78, 5) is 23.8. The molecule has 1 fully saturated rings. The molecule has 0 amide bonds. The lowest BCUT2D eigenvalue weighted by molar-refractivity contribution is -0.111. The Hall–Kier alpha value is -2.21. The highest BCUT2D eigenvalue weighted by molar-refractivity contribution is 8.14. The molecule has 6 heteroatoms. The first-order valence-electron chi connectivity index (χ1n) is 6.84. The van der Waals surface area contributed by atoms with Crippen LogP contribution in [0.2, 0.25) is 0 Å². The molecule has 1 saturated heterocycles. The highest BCUT2D eigenvalue weighted by atomic mass is 32.2. The van der Waals surface area contributed by atoms with Gasteiger partial charge in [-0.3, -0.25) is 4.79 Å². The summed E-state index contributed by atoms with van der Waals surface area (Å²) in [5.74, 6) is -0.169. The zero-order chi connectivity index (χ0) is 15.4. The lowest BCUT2D eigenvalue weighted by Crippen LogP contribution is -2.12. The molecule has 1 N–H and O–H groups in total. The maximum absolute atomic E-state index is 12.2. The van der Waals surface area contributed by atoms with Crippen LogP contribution in [0.3, 0.4) is 0 Å². The van der Waals surface area contributed by atoms with Gasteiger partial charge in [-0.25, -0.2) is 4.79 Å². The zero-order valence-corrected chi connectivity index (χ0v) is 12.5. The molecule has 0 aromatic heterocycles. The van der Waals surface area contributed by atoms with E-state index in [-0.39, 0.29) is 27.8 Å². The van der Waals surface area contributed by atoms with Crippen LogP contribution in [0.4, 0.5) is 0 Å². The number of esters is 1. The first kappa shape index (κ1) is 13.5. The summed E-state index contributed by atoms with van der Waals surface area (Å²) in [6.07, 6.45) is 0.0146. The first-order chi connectivity index (χ1) is 10.6. The second kappa shape index (κ2) is 4.64. The van der Waals surface area contributed by atoms with Crippen LogP contribution in [0.15, 0.2) is 24.3 Å². The van der Waals surface area contributed by atoms with Gasteiger partial charge in [-0.15, -0.1) is 0 Å². The minimum Gasteiger partial charge on any atom is -0.506 e. The SMILES string of the molecule is COC(=O)c1c2c(c3ccccc3c1O)O[C@H]1CC(=O)S[C@@H]21. The van der Waals surface area contributed by atoms with Gasteiger partial charge in [0.2, 0.25) is 0 Å². The van der Waals surface area contributed by atoms with Gasteiger partial charge in [0.05, 0.1) is 18.8 Å². The van der Waals surface area contributed by atoms with E-state index in [1.54, 1.807) is 12.1 Å². The smallest absolute Gasteiger partial charge is 0.342 e. The van der Waals surface area contributed by atoms with Crippen LogP contribution in [0.25, 0.3) is 10.8 Å². The fourth-order valence-electron chi connectivity index (χ4n) is 3.15. The van der Waals surface area contributed by atoms with E-state index in [0.717, 1.165) is 17.1 Å². The summed E-state index contributed by atoms with van der Waals surface area (Å²) in [6, 6.07) is 7.19. The predicted octanol–water partition coefficient (Wildman–Crippen LogP) is 2.80. The topological polar surface area (TPSA) is 72.8 Å². The molecule has 0 aliphatic carbocycles. The van der Waals surface area contributed by atoms with Crippen LogP contribution in [0, 0.1) is 0 Å². The van der Waals surface area contributed by atoms with Gasteiger partial charge >= 0.3 is 5.97 Å². The van der Waals surface area contributed by atoms with Crippen LogP contribution in [0.5, 0.6) is 11.5 Å². The number of fused-ring (bicyclic) bond motifs is 5. The molecule has 2 aliphatic rings. The normalized spacial score (nSPS) is 22.3. The van der Waals surface area contributed by atoms with E-state index in [9.17, 15) is 14.7 Å². The van der Waals surface area contributed by atoms with Crippen molar-refractivity contribution in [3.63, 3.8) is 0 Å². The van der Waals surface area contributed by atoms with E-state index < -0.39 is 5.97 Å². The van der Waals surface area contributed by atoms with E-state index in [0.29, 0.717) is 23.1 Å². The average Bonchev–Trinajstić information content (AvgIpc) is 3.04. The Kier molecular flexibility index (Phi) is 2.84. The molecule has 2 aliphatic heterocycles. The molecule has 0 spiro atoms. The van der Waals surface area contributed by atoms with Gasteiger partial charge in [-0.05, 0) is 0 Å². The monoisotopic (exact) mass is 316 g/mol. The van der Waals surface area contributed by atoms with Crippen molar-refractivity contribution >= 4 is 33.6 Å². The Morgan fingerprint density at radius 1 is 1.36 bits per heavy atom. The Bertz CT molecular complexity index is 829. The first-order valence-corrected chi connectivity index (χ1v) is 7.71.